The Morgan fingerprint density at radius 3 is 2.84 bits per heavy atom. The Labute approximate surface area is 111 Å². The first kappa shape index (κ1) is 13.3. The molecule has 2 amide bonds. The van der Waals surface area contributed by atoms with Crippen LogP contribution < -0.4 is 16.6 Å². The lowest BCUT2D eigenvalue weighted by Crippen LogP contribution is -2.63. The second kappa shape index (κ2) is 4.85. The van der Waals surface area contributed by atoms with Crippen molar-refractivity contribution < 1.29 is 9.59 Å². The van der Waals surface area contributed by atoms with E-state index in [1.54, 1.807) is 30.9 Å². The van der Waals surface area contributed by atoms with Gasteiger partial charge in [-0.3, -0.25) is 9.59 Å². The van der Waals surface area contributed by atoms with Gasteiger partial charge < -0.3 is 15.6 Å². The summed E-state index contributed by atoms with van der Waals surface area (Å²) in [5.74, 6) is 5.33. The number of piperazine rings is 1. The minimum Gasteiger partial charge on any atom is -0.352 e. The van der Waals surface area contributed by atoms with Crippen LogP contribution in [0.2, 0.25) is 0 Å². The first-order valence-corrected chi connectivity index (χ1v) is 6.00. The molecule has 0 saturated carbocycles. The Morgan fingerprint density at radius 1 is 1.53 bits per heavy atom. The molecule has 0 bridgehead atoms. The van der Waals surface area contributed by atoms with Crippen LogP contribution in [0.5, 0.6) is 0 Å². The molecule has 102 valence electrons. The van der Waals surface area contributed by atoms with Gasteiger partial charge in [0.25, 0.3) is 5.91 Å². The monoisotopic (exact) mass is 263 g/mol. The van der Waals surface area contributed by atoms with Crippen molar-refractivity contribution in [1.82, 2.24) is 15.2 Å². The van der Waals surface area contributed by atoms with Gasteiger partial charge >= 0.3 is 0 Å². The molecule has 1 aliphatic heterocycles. The summed E-state index contributed by atoms with van der Waals surface area (Å²) in [4.78, 5) is 29.8. The average molecular weight is 263 g/mol. The maximum absolute atomic E-state index is 12.4. The molecule has 4 N–H and O–H groups in total. The Hall–Kier alpha value is -2.15. The van der Waals surface area contributed by atoms with Crippen LogP contribution in [-0.2, 0) is 4.79 Å². The number of hydrazine groups is 1. The lowest BCUT2D eigenvalue weighted by molar-refractivity contribution is -0.133. The summed E-state index contributed by atoms with van der Waals surface area (Å²) in [5.41, 5.74) is 1.97. The van der Waals surface area contributed by atoms with Gasteiger partial charge in [0.15, 0.2) is 0 Å². The number of pyridine rings is 1. The molecular formula is C12H17N5O2. The second-order valence-corrected chi connectivity index (χ2v) is 4.85. The number of amides is 2. The van der Waals surface area contributed by atoms with E-state index in [2.05, 4.69) is 15.7 Å². The Kier molecular flexibility index (Phi) is 3.39. The van der Waals surface area contributed by atoms with E-state index in [0.29, 0.717) is 24.5 Å². The van der Waals surface area contributed by atoms with E-state index < -0.39 is 5.54 Å². The van der Waals surface area contributed by atoms with Crippen molar-refractivity contribution in [3.63, 3.8) is 0 Å². The number of aromatic nitrogens is 1. The van der Waals surface area contributed by atoms with Crippen LogP contribution in [0.1, 0.15) is 24.2 Å². The number of nitrogens with one attached hydrogen (secondary N) is 2. The summed E-state index contributed by atoms with van der Waals surface area (Å²) >= 11 is 0. The van der Waals surface area contributed by atoms with Crippen molar-refractivity contribution in [3.8, 4) is 0 Å². The van der Waals surface area contributed by atoms with Crippen LogP contribution in [-0.4, -0.2) is 40.3 Å². The lowest BCUT2D eigenvalue weighted by atomic mass is 9.98. The lowest BCUT2D eigenvalue weighted by Gasteiger charge is -2.41. The van der Waals surface area contributed by atoms with Gasteiger partial charge in [-0.15, -0.1) is 0 Å². The van der Waals surface area contributed by atoms with E-state index in [9.17, 15) is 9.59 Å². The maximum Gasteiger partial charge on any atom is 0.256 e. The number of nitrogens with zero attached hydrogens (tertiary/aromatic N) is 2. The number of carbonyl (C=O) groups is 2. The summed E-state index contributed by atoms with van der Waals surface area (Å²) in [7, 11) is 0. The number of carbonyl (C=O) groups excluding carboxylic acids is 2. The molecule has 0 radical (unpaired) electrons. The zero-order chi connectivity index (χ0) is 14.0. The minimum absolute atomic E-state index is 0.152. The highest BCUT2D eigenvalue weighted by molar-refractivity contribution is 5.99. The van der Waals surface area contributed by atoms with Gasteiger partial charge in [-0.05, 0) is 26.0 Å². The molecule has 2 rings (SSSR count). The van der Waals surface area contributed by atoms with E-state index in [0.717, 1.165) is 0 Å². The highest BCUT2D eigenvalue weighted by Gasteiger charge is 2.40. The summed E-state index contributed by atoms with van der Waals surface area (Å²) in [5, 5.41) is 2.75. The third-order valence-electron chi connectivity index (χ3n) is 3.25. The second-order valence-electron chi connectivity index (χ2n) is 4.85. The van der Waals surface area contributed by atoms with E-state index in [-0.39, 0.29) is 11.8 Å². The van der Waals surface area contributed by atoms with Crippen LogP contribution in [0.4, 0.5) is 5.82 Å². The molecule has 1 saturated heterocycles. The highest BCUT2D eigenvalue weighted by atomic mass is 16.2. The molecule has 1 fully saturated rings. The molecule has 0 unspecified atom stereocenters. The Bertz CT molecular complexity index is 497. The van der Waals surface area contributed by atoms with E-state index in [1.165, 1.54) is 6.20 Å². The summed E-state index contributed by atoms with van der Waals surface area (Å²) in [6, 6.07) is 3.25. The molecule has 1 aromatic heterocycles. The van der Waals surface area contributed by atoms with Gasteiger partial charge in [0, 0.05) is 19.3 Å². The first-order chi connectivity index (χ1) is 8.96. The first-order valence-electron chi connectivity index (χ1n) is 6.00. The van der Waals surface area contributed by atoms with Gasteiger partial charge in [0.1, 0.15) is 11.4 Å². The summed E-state index contributed by atoms with van der Waals surface area (Å²) < 4.78 is 0. The quantitative estimate of drug-likeness (QED) is 0.503. The van der Waals surface area contributed by atoms with Gasteiger partial charge in [-0.2, -0.15) is 0 Å². The predicted molar refractivity (Wildman–Crippen MR) is 70.2 cm³/mol. The van der Waals surface area contributed by atoms with Crippen molar-refractivity contribution in [2.24, 2.45) is 5.84 Å². The topological polar surface area (TPSA) is 100 Å². The molecule has 1 aromatic rings. The summed E-state index contributed by atoms with van der Waals surface area (Å²) in [6.45, 7) is 4.39. The number of nitrogen functional groups attached to an aromatic ring is 1. The van der Waals surface area contributed by atoms with Crippen LogP contribution in [0.15, 0.2) is 18.3 Å². The van der Waals surface area contributed by atoms with Crippen LogP contribution >= 0.6 is 0 Å². The SMILES string of the molecule is CC1(C)C(=O)NCCN1C(=O)c1ccc(NN)nc1. The molecule has 19 heavy (non-hydrogen) atoms. The maximum atomic E-state index is 12.4. The molecule has 0 aromatic carbocycles. The molecule has 0 aliphatic carbocycles. The molecule has 7 nitrogen and oxygen atoms in total. The Balaban J connectivity index is 2.24. The Morgan fingerprint density at radius 2 is 2.26 bits per heavy atom. The number of rotatable bonds is 2. The van der Waals surface area contributed by atoms with Crippen LogP contribution in [0, 0.1) is 0 Å². The fraction of sp³-hybridized carbons (Fsp3) is 0.417. The van der Waals surface area contributed by atoms with Crippen molar-refractivity contribution in [1.29, 1.82) is 0 Å². The van der Waals surface area contributed by atoms with E-state index >= 15 is 0 Å². The fourth-order valence-electron chi connectivity index (χ4n) is 2.02. The third-order valence-corrected chi connectivity index (χ3v) is 3.25. The van der Waals surface area contributed by atoms with Crippen molar-refractivity contribution in [2.75, 3.05) is 18.5 Å². The number of hydrogen-bond acceptors (Lipinski definition) is 5. The van der Waals surface area contributed by atoms with E-state index in [4.69, 9.17) is 5.84 Å². The molecule has 0 spiro atoms. The van der Waals surface area contributed by atoms with Gasteiger partial charge in [0.2, 0.25) is 5.91 Å². The standard InChI is InChI=1S/C12H17N5O2/c1-12(2)11(19)14-5-6-17(12)10(18)8-3-4-9(16-13)15-7-8/h3-4,7H,5-6,13H2,1-2H3,(H,14,19)(H,15,16). The van der Waals surface area contributed by atoms with Crippen molar-refractivity contribution in [3.05, 3.63) is 23.9 Å². The summed E-state index contributed by atoms with van der Waals surface area (Å²) in [6.07, 6.45) is 1.44. The van der Waals surface area contributed by atoms with Gasteiger partial charge in [-0.25, -0.2) is 10.8 Å². The normalized spacial score (nSPS) is 17.8. The zero-order valence-corrected chi connectivity index (χ0v) is 10.9. The van der Waals surface area contributed by atoms with Crippen LogP contribution in [0.25, 0.3) is 0 Å². The molecule has 7 heteroatoms. The van der Waals surface area contributed by atoms with Crippen molar-refractivity contribution in [2.45, 2.75) is 19.4 Å². The van der Waals surface area contributed by atoms with Gasteiger partial charge in [0.05, 0.1) is 5.56 Å². The third kappa shape index (κ3) is 2.37. The molecule has 2 heterocycles. The highest BCUT2D eigenvalue weighted by Crippen LogP contribution is 2.20. The number of anilines is 1. The zero-order valence-electron chi connectivity index (χ0n) is 10.9. The number of hydrogen-bond donors (Lipinski definition) is 3. The molecular weight excluding hydrogens is 246 g/mol. The minimum atomic E-state index is -0.861. The smallest absolute Gasteiger partial charge is 0.256 e. The van der Waals surface area contributed by atoms with E-state index in [1.807, 2.05) is 0 Å². The van der Waals surface area contributed by atoms with Crippen LogP contribution in [0.3, 0.4) is 0 Å². The molecule has 1 aliphatic rings. The fourth-order valence-corrected chi connectivity index (χ4v) is 2.02. The van der Waals surface area contributed by atoms with Gasteiger partial charge in [-0.1, -0.05) is 0 Å². The number of nitrogens with two attached hydrogens (primary N) is 1. The predicted octanol–water partition coefficient (Wildman–Crippen LogP) is -0.282. The van der Waals surface area contributed by atoms with Crippen molar-refractivity contribution >= 4 is 17.6 Å². The largest absolute Gasteiger partial charge is 0.352 e. The molecule has 0 atom stereocenters. The average Bonchev–Trinajstić information content (AvgIpc) is 2.41.